The van der Waals surface area contributed by atoms with Crippen LogP contribution in [-0.2, 0) is 11.3 Å². The molecule has 2 N–H and O–H groups in total. The standard InChI is InChI=1S/C12H19NO3/c1-15-11-6-4-3-5-10(11)9-13-12(16-2)7-8-14/h3-6,12-14H,7-9H2,1-2H3/t12-/m1/s1. The average molecular weight is 225 g/mol. The third-order valence-corrected chi connectivity index (χ3v) is 2.39. The van der Waals surface area contributed by atoms with Crippen LogP contribution in [0.2, 0.25) is 0 Å². The monoisotopic (exact) mass is 225 g/mol. The van der Waals surface area contributed by atoms with E-state index < -0.39 is 0 Å². The maximum absolute atomic E-state index is 8.82. The van der Waals surface area contributed by atoms with Gasteiger partial charge in [0.15, 0.2) is 0 Å². The molecule has 1 aromatic carbocycles. The van der Waals surface area contributed by atoms with Crippen molar-refractivity contribution in [2.75, 3.05) is 20.8 Å². The first kappa shape index (κ1) is 13.0. The zero-order valence-corrected chi connectivity index (χ0v) is 9.77. The minimum atomic E-state index is -0.130. The van der Waals surface area contributed by atoms with Gasteiger partial charge in [0.1, 0.15) is 12.0 Å². The molecule has 0 heterocycles. The lowest BCUT2D eigenvalue weighted by Gasteiger charge is -2.17. The van der Waals surface area contributed by atoms with Crippen LogP contribution in [0.5, 0.6) is 5.75 Å². The van der Waals surface area contributed by atoms with Crippen molar-refractivity contribution < 1.29 is 14.6 Å². The topological polar surface area (TPSA) is 50.7 Å². The Morgan fingerprint density at radius 1 is 1.31 bits per heavy atom. The minimum Gasteiger partial charge on any atom is -0.496 e. The molecule has 0 aliphatic carbocycles. The highest BCUT2D eigenvalue weighted by Crippen LogP contribution is 2.16. The van der Waals surface area contributed by atoms with E-state index in [2.05, 4.69) is 5.32 Å². The molecular weight excluding hydrogens is 206 g/mol. The van der Waals surface area contributed by atoms with Crippen LogP contribution in [0.15, 0.2) is 24.3 Å². The van der Waals surface area contributed by atoms with Gasteiger partial charge in [0.05, 0.1) is 7.11 Å². The van der Waals surface area contributed by atoms with E-state index in [0.717, 1.165) is 11.3 Å². The van der Waals surface area contributed by atoms with Crippen molar-refractivity contribution in [2.24, 2.45) is 0 Å². The Hall–Kier alpha value is -1.10. The van der Waals surface area contributed by atoms with Crippen molar-refractivity contribution in [1.29, 1.82) is 0 Å². The summed E-state index contributed by atoms with van der Waals surface area (Å²) < 4.78 is 10.4. The van der Waals surface area contributed by atoms with Crippen molar-refractivity contribution >= 4 is 0 Å². The zero-order chi connectivity index (χ0) is 11.8. The van der Waals surface area contributed by atoms with Crippen LogP contribution in [0.4, 0.5) is 0 Å². The average Bonchev–Trinajstić information content (AvgIpc) is 2.34. The van der Waals surface area contributed by atoms with Crippen LogP contribution in [0, 0.1) is 0 Å². The largest absolute Gasteiger partial charge is 0.496 e. The predicted octanol–water partition coefficient (Wildman–Crippen LogP) is 1.14. The van der Waals surface area contributed by atoms with Gasteiger partial charge in [-0.05, 0) is 6.07 Å². The van der Waals surface area contributed by atoms with Gasteiger partial charge in [0.2, 0.25) is 0 Å². The van der Waals surface area contributed by atoms with E-state index in [1.807, 2.05) is 24.3 Å². The molecule has 4 heteroatoms. The van der Waals surface area contributed by atoms with Crippen LogP contribution in [0.3, 0.4) is 0 Å². The molecule has 0 aromatic heterocycles. The van der Waals surface area contributed by atoms with E-state index in [-0.39, 0.29) is 12.8 Å². The fourth-order valence-electron chi connectivity index (χ4n) is 1.49. The van der Waals surface area contributed by atoms with Crippen LogP contribution in [-0.4, -0.2) is 32.2 Å². The molecule has 0 aliphatic rings. The molecule has 16 heavy (non-hydrogen) atoms. The van der Waals surface area contributed by atoms with Crippen molar-refractivity contribution in [1.82, 2.24) is 5.32 Å². The Morgan fingerprint density at radius 3 is 2.69 bits per heavy atom. The molecule has 0 amide bonds. The summed E-state index contributed by atoms with van der Waals surface area (Å²) in [7, 11) is 3.27. The second-order valence-corrected chi connectivity index (χ2v) is 3.43. The van der Waals surface area contributed by atoms with E-state index in [9.17, 15) is 0 Å². The van der Waals surface area contributed by atoms with Crippen LogP contribution in [0.1, 0.15) is 12.0 Å². The molecule has 1 aromatic rings. The summed E-state index contributed by atoms with van der Waals surface area (Å²) in [5.74, 6) is 0.855. The van der Waals surface area contributed by atoms with Gasteiger partial charge in [-0.15, -0.1) is 0 Å². The third-order valence-electron chi connectivity index (χ3n) is 2.39. The van der Waals surface area contributed by atoms with E-state index in [0.29, 0.717) is 13.0 Å². The lowest BCUT2D eigenvalue weighted by Crippen LogP contribution is -2.31. The van der Waals surface area contributed by atoms with Gasteiger partial charge in [-0.2, -0.15) is 0 Å². The number of ether oxygens (including phenoxy) is 2. The van der Waals surface area contributed by atoms with Crippen molar-refractivity contribution in [3.8, 4) is 5.75 Å². The Kier molecular flexibility index (Phi) is 5.85. The summed E-state index contributed by atoms with van der Waals surface area (Å²) in [4.78, 5) is 0. The smallest absolute Gasteiger partial charge is 0.123 e. The van der Waals surface area contributed by atoms with Gasteiger partial charge in [-0.25, -0.2) is 0 Å². The quantitative estimate of drug-likeness (QED) is 0.683. The predicted molar refractivity (Wildman–Crippen MR) is 62.3 cm³/mol. The molecule has 4 nitrogen and oxygen atoms in total. The Bertz CT molecular complexity index is 304. The number of hydrogen-bond donors (Lipinski definition) is 2. The molecule has 90 valence electrons. The summed E-state index contributed by atoms with van der Waals surface area (Å²) >= 11 is 0. The Balaban J connectivity index is 2.52. The molecule has 0 aliphatic heterocycles. The van der Waals surface area contributed by atoms with Gasteiger partial charge in [0.25, 0.3) is 0 Å². The second kappa shape index (κ2) is 7.22. The molecule has 0 saturated carbocycles. The molecule has 0 unspecified atom stereocenters. The molecule has 0 radical (unpaired) electrons. The third kappa shape index (κ3) is 3.81. The molecule has 0 spiro atoms. The molecular formula is C12H19NO3. The molecule has 1 atom stereocenters. The summed E-state index contributed by atoms with van der Waals surface area (Å²) in [6.45, 7) is 0.764. The highest BCUT2D eigenvalue weighted by Gasteiger charge is 2.07. The van der Waals surface area contributed by atoms with Gasteiger partial charge in [-0.3, -0.25) is 5.32 Å². The van der Waals surface area contributed by atoms with E-state index in [4.69, 9.17) is 14.6 Å². The van der Waals surface area contributed by atoms with Gasteiger partial charge in [-0.1, -0.05) is 18.2 Å². The normalized spacial score (nSPS) is 12.4. The first-order valence-electron chi connectivity index (χ1n) is 5.30. The number of benzene rings is 1. The molecule has 0 bridgehead atoms. The molecule has 0 fully saturated rings. The SMILES string of the molecule is COc1ccccc1CN[C@@H](CCO)OC. The fraction of sp³-hybridized carbons (Fsp3) is 0.500. The fourth-order valence-corrected chi connectivity index (χ4v) is 1.49. The first-order valence-corrected chi connectivity index (χ1v) is 5.30. The second-order valence-electron chi connectivity index (χ2n) is 3.43. The van der Waals surface area contributed by atoms with Crippen molar-refractivity contribution in [2.45, 2.75) is 19.2 Å². The van der Waals surface area contributed by atoms with E-state index >= 15 is 0 Å². The van der Waals surface area contributed by atoms with Crippen molar-refractivity contribution in [3.63, 3.8) is 0 Å². The highest BCUT2D eigenvalue weighted by atomic mass is 16.5. The Morgan fingerprint density at radius 2 is 2.06 bits per heavy atom. The maximum Gasteiger partial charge on any atom is 0.123 e. The number of aliphatic hydroxyl groups is 1. The highest BCUT2D eigenvalue weighted by molar-refractivity contribution is 5.32. The summed E-state index contributed by atoms with van der Waals surface area (Å²) in [5.41, 5.74) is 1.07. The van der Waals surface area contributed by atoms with Gasteiger partial charge < -0.3 is 14.6 Å². The summed E-state index contributed by atoms with van der Waals surface area (Å²) in [6.07, 6.45) is 0.445. The zero-order valence-electron chi connectivity index (χ0n) is 9.77. The Labute approximate surface area is 96.2 Å². The first-order chi connectivity index (χ1) is 7.81. The minimum absolute atomic E-state index is 0.109. The van der Waals surface area contributed by atoms with Crippen LogP contribution < -0.4 is 10.1 Å². The van der Waals surface area contributed by atoms with Crippen molar-refractivity contribution in [3.05, 3.63) is 29.8 Å². The number of para-hydroxylation sites is 1. The number of methoxy groups -OCH3 is 2. The number of aliphatic hydroxyl groups excluding tert-OH is 1. The van der Waals surface area contributed by atoms with E-state index in [1.54, 1.807) is 14.2 Å². The summed E-state index contributed by atoms with van der Waals surface area (Å²) in [6, 6.07) is 7.82. The lowest BCUT2D eigenvalue weighted by molar-refractivity contribution is 0.0503. The number of rotatable bonds is 7. The van der Waals surface area contributed by atoms with Crippen LogP contribution in [0.25, 0.3) is 0 Å². The molecule has 1 rings (SSSR count). The number of nitrogens with one attached hydrogen (secondary N) is 1. The van der Waals surface area contributed by atoms with Crippen LogP contribution >= 0.6 is 0 Å². The van der Waals surface area contributed by atoms with Gasteiger partial charge >= 0.3 is 0 Å². The number of hydrogen-bond acceptors (Lipinski definition) is 4. The lowest BCUT2D eigenvalue weighted by atomic mass is 10.2. The maximum atomic E-state index is 8.82. The van der Waals surface area contributed by atoms with Gasteiger partial charge in [0, 0.05) is 32.2 Å². The molecule has 0 saturated heterocycles. The summed E-state index contributed by atoms with van der Waals surface area (Å²) in [5, 5.41) is 12.0. The van der Waals surface area contributed by atoms with E-state index in [1.165, 1.54) is 0 Å².